The van der Waals surface area contributed by atoms with Crippen molar-refractivity contribution in [2.75, 3.05) is 44.8 Å². The first-order chi connectivity index (χ1) is 17.2. The lowest BCUT2D eigenvalue weighted by Crippen LogP contribution is -2.47. The summed E-state index contributed by atoms with van der Waals surface area (Å²) < 4.78 is 6.02. The molecule has 1 unspecified atom stereocenters. The maximum atomic E-state index is 12.8. The van der Waals surface area contributed by atoms with Crippen LogP contribution in [0.5, 0.6) is 0 Å². The molecule has 1 aliphatic heterocycles. The van der Waals surface area contributed by atoms with Gasteiger partial charge in [-0.25, -0.2) is 0 Å². The van der Waals surface area contributed by atoms with Crippen LogP contribution in [0.3, 0.4) is 0 Å². The Bertz CT molecular complexity index is 1050. The van der Waals surface area contributed by atoms with Crippen molar-refractivity contribution in [1.29, 1.82) is 0 Å². The van der Waals surface area contributed by atoms with Crippen LogP contribution in [0, 0.1) is 0 Å². The number of nitrogens with one attached hydrogen (secondary N) is 1. The van der Waals surface area contributed by atoms with Crippen LogP contribution in [0.15, 0.2) is 88.7 Å². The normalized spacial score (nSPS) is 13.3. The second kappa shape index (κ2) is 12.7. The highest BCUT2D eigenvalue weighted by molar-refractivity contribution is 7.99. The highest BCUT2D eigenvalue weighted by Gasteiger charge is 2.23. The minimum atomic E-state index is -0.273. The molecule has 7 heteroatoms. The first-order valence-corrected chi connectivity index (χ1v) is 12.9. The van der Waals surface area contributed by atoms with E-state index in [1.807, 2.05) is 54.0 Å². The number of para-hydroxylation sites is 2. The Kier molecular flexibility index (Phi) is 9.20. The van der Waals surface area contributed by atoms with E-state index >= 15 is 0 Å². The van der Waals surface area contributed by atoms with Gasteiger partial charge in [0.25, 0.3) is 0 Å². The molecule has 0 aromatic heterocycles. The third-order valence-electron chi connectivity index (χ3n) is 6.16. The van der Waals surface area contributed by atoms with Crippen LogP contribution in [-0.4, -0.2) is 56.7 Å². The number of anilines is 2. The number of likely N-dealkylation sites (N-methyl/N-ethyl adjacent to an activating group) is 1. The fraction of sp³-hybridized carbons (Fsp3) is 0.321. The van der Waals surface area contributed by atoms with Crippen LogP contribution >= 0.6 is 11.8 Å². The molecule has 0 fully saturated rings. The molecule has 3 N–H and O–H groups in total. The van der Waals surface area contributed by atoms with E-state index in [-0.39, 0.29) is 11.9 Å². The summed E-state index contributed by atoms with van der Waals surface area (Å²) in [5.74, 6) is 0.000772. The molecule has 1 atom stereocenters. The van der Waals surface area contributed by atoms with Gasteiger partial charge in [0.2, 0.25) is 5.91 Å². The zero-order valence-corrected chi connectivity index (χ0v) is 21.0. The number of rotatable bonds is 12. The van der Waals surface area contributed by atoms with Crippen LogP contribution in [0.4, 0.5) is 11.4 Å². The van der Waals surface area contributed by atoms with Crippen molar-refractivity contribution < 1.29 is 9.53 Å². The predicted molar refractivity (Wildman–Crippen MR) is 143 cm³/mol. The summed E-state index contributed by atoms with van der Waals surface area (Å²) in [5.41, 5.74) is 9.32. The number of hydrogen-bond acceptors (Lipinski definition) is 6. The lowest BCUT2D eigenvalue weighted by atomic mass is 10.1. The summed E-state index contributed by atoms with van der Waals surface area (Å²) in [6.07, 6.45) is 0.607. The lowest BCUT2D eigenvalue weighted by Gasteiger charge is -2.32. The van der Waals surface area contributed by atoms with Crippen LogP contribution in [0.2, 0.25) is 0 Å². The van der Waals surface area contributed by atoms with Crippen LogP contribution in [0.25, 0.3) is 0 Å². The van der Waals surface area contributed by atoms with Crippen molar-refractivity contribution in [3.8, 4) is 0 Å². The van der Waals surface area contributed by atoms with E-state index in [0.29, 0.717) is 39.3 Å². The summed E-state index contributed by atoms with van der Waals surface area (Å²) in [7, 11) is 1.96. The van der Waals surface area contributed by atoms with Gasteiger partial charge in [-0.15, -0.1) is 0 Å². The van der Waals surface area contributed by atoms with Crippen LogP contribution in [-0.2, 0) is 16.1 Å². The molecule has 3 aromatic carbocycles. The van der Waals surface area contributed by atoms with Crippen molar-refractivity contribution in [3.63, 3.8) is 0 Å². The highest BCUT2D eigenvalue weighted by atomic mass is 32.2. The van der Waals surface area contributed by atoms with Gasteiger partial charge in [0.15, 0.2) is 0 Å². The van der Waals surface area contributed by atoms with E-state index in [2.05, 4.69) is 58.7 Å². The van der Waals surface area contributed by atoms with Crippen molar-refractivity contribution in [2.24, 2.45) is 5.73 Å². The molecule has 1 amide bonds. The highest BCUT2D eigenvalue weighted by Crippen LogP contribution is 2.47. The maximum Gasteiger partial charge on any atom is 0.237 e. The molecular formula is C28H34N4O2S. The van der Waals surface area contributed by atoms with Gasteiger partial charge < -0.3 is 20.7 Å². The van der Waals surface area contributed by atoms with Gasteiger partial charge in [-0.2, -0.15) is 0 Å². The minimum absolute atomic E-state index is 0.000772. The zero-order valence-electron chi connectivity index (χ0n) is 20.2. The second-order valence-corrected chi connectivity index (χ2v) is 9.66. The van der Waals surface area contributed by atoms with Crippen molar-refractivity contribution >= 4 is 29.0 Å². The average Bonchev–Trinajstić information content (AvgIpc) is 2.90. The SMILES string of the molecule is CN(CCOCCN1c2ccccc2Sc2ccccc21)C(CCN)C(=O)NCc1ccccc1. The molecular weight excluding hydrogens is 456 g/mol. The summed E-state index contributed by atoms with van der Waals surface area (Å²) in [5, 5.41) is 3.04. The van der Waals surface area contributed by atoms with E-state index in [1.165, 1.54) is 21.2 Å². The topological polar surface area (TPSA) is 70.8 Å². The standard InChI is InChI=1S/C28H34N4O2S/c1-31(25(15-16-29)28(33)30-21-22-9-3-2-4-10-22)17-19-34-20-18-32-23-11-5-7-13-26(23)35-27-14-8-6-12-24(27)32/h2-14,25H,15-21,29H2,1H3,(H,30,33). The third-order valence-corrected chi connectivity index (χ3v) is 7.29. The van der Waals surface area contributed by atoms with Crippen molar-refractivity contribution in [3.05, 3.63) is 84.4 Å². The van der Waals surface area contributed by atoms with E-state index in [0.717, 1.165) is 12.1 Å². The van der Waals surface area contributed by atoms with E-state index < -0.39 is 0 Å². The predicted octanol–water partition coefficient (Wildman–Crippen LogP) is 4.27. The molecule has 0 saturated carbocycles. The van der Waals surface area contributed by atoms with Gasteiger partial charge in [0.1, 0.15) is 0 Å². The number of fused-ring (bicyclic) bond motifs is 2. The Balaban J connectivity index is 1.26. The molecule has 0 aliphatic carbocycles. The van der Waals surface area contributed by atoms with Crippen molar-refractivity contribution in [1.82, 2.24) is 10.2 Å². The number of ether oxygens (including phenoxy) is 1. The second-order valence-electron chi connectivity index (χ2n) is 8.58. The maximum absolute atomic E-state index is 12.8. The number of carbonyl (C=O) groups is 1. The minimum Gasteiger partial charge on any atom is -0.378 e. The molecule has 0 saturated heterocycles. The summed E-state index contributed by atoms with van der Waals surface area (Å²) >= 11 is 1.81. The molecule has 6 nitrogen and oxygen atoms in total. The molecule has 0 bridgehead atoms. The number of benzene rings is 3. The Morgan fingerprint density at radius 2 is 1.60 bits per heavy atom. The van der Waals surface area contributed by atoms with Gasteiger partial charge >= 0.3 is 0 Å². The summed E-state index contributed by atoms with van der Waals surface area (Å²) in [4.78, 5) is 19.7. The van der Waals surface area contributed by atoms with Gasteiger partial charge in [0, 0.05) is 29.4 Å². The molecule has 3 aromatic rings. The Hall–Kier alpha value is -2.84. The van der Waals surface area contributed by atoms with Crippen LogP contribution in [0.1, 0.15) is 12.0 Å². The number of nitrogens with zero attached hydrogens (tertiary/aromatic N) is 2. The third kappa shape index (κ3) is 6.64. The van der Waals surface area contributed by atoms with E-state index in [9.17, 15) is 4.79 Å². The van der Waals surface area contributed by atoms with E-state index in [4.69, 9.17) is 10.5 Å². The Morgan fingerprint density at radius 3 is 2.26 bits per heavy atom. The fourth-order valence-corrected chi connectivity index (χ4v) is 5.35. The Morgan fingerprint density at radius 1 is 0.971 bits per heavy atom. The van der Waals surface area contributed by atoms with Crippen LogP contribution < -0.4 is 16.0 Å². The summed E-state index contributed by atoms with van der Waals surface area (Å²) in [6.45, 7) is 3.55. The largest absolute Gasteiger partial charge is 0.378 e. The number of amides is 1. The molecule has 184 valence electrons. The zero-order chi connectivity index (χ0) is 24.5. The monoisotopic (exact) mass is 490 g/mol. The van der Waals surface area contributed by atoms with Crippen molar-refractivity contribution in [2.45, 2.75) is 28.8 Å². The average molecular weight is 491 g/mol. The first kappa shape index (κ1) is 25.3. The fourth-order valence-electron chi connectivity index (χ4n) is 4.26. The quantitative estimate of drug-likeness (QED) is 0.370. The lowest BCUT2D eigenvalue weighted by molar-refractivity contribution is -0.126. The molecule has 4 rings (SSSR count). The molecule has 1 aliphatic rings. The smallest absolute Gasteiger partial charge is 0.237 e. The first-order valence-electron chi connectivity index (χ1n) is 12.1. The number of nitrogens with two attached hydrogens (primary N) is 1. The summed E-state index contributed by atoms with van der Waals surface area (Å²) in [6, 6.07) is 26.6. The van der Waals surface area contributed by atoms with Gasteiger partial charge in [-0.05, 0) is 49.8 Å². The van der Waals surface area contributed by atoms with Gasteiger partial charge in [-0.3, -0.25) is 9.69 Å². The number of carbonyl (C=O) groups excluding carboxylic acids is 1. The van der Waals surface area contributed by atoms with E-state index in [1.54, 1.807) is 0 Å². The molecule has 0 radical (unpaired) electrons. The number of hydrogen-bond donors (Lipinski definition) is 2. The van der Waals surface area contributed by atoms with Gasteiger partial charge in [-0.1, -0.05) is 66.4 Å². The molecule has 0 spiro atoms. The molecule has 35 heavy (non-hydrogen) atoms. The van der Waals surface area contributed by atoms with Gasteiger partial charge in [0.05, 0.1) is 30.6 Å². The molecule has 1 heterocycles. The Labute approximate surface area is 212 Å².